The van der Waals surface area contributed by atoms with E-state index in [1.165, 1.54) is 57.8 Å². The molecule has 0 bridgehead atoms. The normalized spacial score (nSPS) is 11.7. The van der Waals surface area contributed by atoms with Crippen molar-refractivity contribution < 1.29 is 27.1 Å². The third-order valence-corrected chi connectivity index (χ3v) is 4.73. The minimum atomic E-state index is -4.27. The number of unbranched alkanes of at least 4 members (excludes halogenated alkanes) is 14. The van der Waals surface area contributed by atoms with Crippen molar-refractivity contribution in [1.29, 1.82) is 0 Å². The first kappa shape index (κ1) is 24.3. The second kappa shape index (κ2) is 16.8. The summed E-state index contributed by atoms with van der Waals surface area (Å²) in [6.45, 7) is 0.0678. The van der Waals surface area contributed by atoms with E-state index in [2.05, 4.69) is 4.18 Å². The maximum atomic E-state index is 10.4. The Kier molecular flexibility index (Phi) is 16.3. The van der Waals surface area contributed by atoms with Crippen molar-refractivity contribution in [3.63, 3.8) is 0 Å². The maximum Gasteiger partial charge on any atom is 0.397 e. The first-order chi connectivity index (χ1) is 11.9. The van der Waals surface area contributed by atoms with E-state index in [0.29, 0.717) is 12.8 Å². The van der Waals surface area contributed by atoms with Crippen molar-refractivity contribution >= 4 is 16.4 Å². The van der Waals surface area contributed by atoms with Crippen molar-refractivity contribution in [2.75, 3.05) is 6.61 Å². The van der Waals surface area contributed by atoms with Gasteiger partial charge in [0.05, 0.1) is 6.61 Å². The Morgan fingerprint density at radius 1 is 0.640 bits per heavy atom. The summed E-state index contributed by atoms with van der Waals surface area (Å²) in [5.74, 6) is -0.689. The minimum absolute atomic E-state index is 0.0678. The Balaban J connectivity index is 3.06. The van der Waals surface area contributed by atoms with Gasteiger partial charge in [0.15, 0.2) is 0 Å². The zero-order chi connectivity index (χ0) is 18.8. The van der Waals surface area contributed by atoms with E-state index in [0.717, 1.165) is 32.1 Å². The summed E-state index contributed by atoms with van der Waals surface area (Å²) < 4.78 is 33.3. The predicted octanol–water partition coefficient (Wildman–Crippen LogP) is 5.13. The number of aliphatic carboxylic acids is 1. The van der Waals surface area contributed by atoms with Crippen LogP contribution in [0.25, 0.3) is 0 Å². The number of carboxylic acids is 1. The van der Waals surface area contributed by atoms with Gasteiger partial charge in [-0.3, -0.25) is 9.35 Å². The smallest absolute Gasteiger partial charge is 0.397 e. The Morgan fingerprint density at radius 2 is 0.960 bits per heavy atom. The van der Waals surface area contributed by atoms with Crippen LogP contribution in [-0.2, 0) is 19.4 Å². The van der Waals surface area contributed by atoms with E-state index in [4.69, 9.17) is 9.66 Å². The van der Waals surface area contributed by atoms with Gasteiger partial charge in [0.25, 0.3) is 0 Å². The van der Waals surface area contributed by atoms with Gasteiger partial charge in [0.1, 0.15) is 0 Å². The summed E-state index contributed by atoms with van der Waals surface area (Å²) in [7, 11) is -4.27. The van der Waals surface area contributed by atoms with E-state index in [1.807, 2.05) is 0 Å². The minimum Gasteiger partial charge on any atom is -0.481 e. The molecule has 0 spiro atoms. The van der Waals surface area contributed by atoms with E-state index in [-0.39, 0.29) is 6.61 Å². The molecule has 25 heavy (non-hydrogen) atoms. The average molecular weight is 381 g/mol. The van der Waals surface area contributed by atoms with Crippen molar-refractivity contribution in [2.24, 2.45) is 0 Å². The third kappa shape index (κ3) is 23.3. The third-order valence-electron chi connectivity index (χ3n) is 4.27. The van der Waals surface area contributed by atoms with Gasteiger partial charge in [-0.15, -0.1) is 0 Å². The molecule has 0 saturated heterocycles. The van der Waals surface area contributed by atoms with Gasteiger partial charge in [0.2, 0.25) is 0 Å². The quantitative estimate of drug-likeness (QED) is 0.238. The van der Waals surface area contributed by atoms with Gasteiger partial charge in [-0.1, -0.05) is 83.5 Å². The van der Waals surface area contributed by atoms with Crippen LogP contribution in [-0.4, -0.2) is 30.7 Å². The van der Waals surface area contributed by atoms with Crippen LogP contribution >= 0.6 is 0 Å². The topological polar surface area (TPSA) is 101 Å². The number of carboxylic acid groups (broad SMARTS) is 1. The van der Waals surface area contributed by atoms with Crippen LogP contribution < -0.4 is 0 Å². The molecule has 2 N–H and O–H groups in total. The molecule has 0 aliphatic heterocycles. The van der Waals surface area contributed by atoms with Crippen LogP contribution in [0.1, 0.15) is 103 Å². The second-order valence-electron chi connectivity index (χ2n) is 6.70. The molecular formula is C18H36O6S. The molecule has 0 atom stereocenters. The molecule has 0 aromatic heterocycles. The molecule has 0 radical (unpaired) electrons. The monoisotopic (exact) mass is 380 g/mol. The number of hydrogen-bond acceptors (Lipinski definition) is 4. The van der Waals surface area contributed by atoms with Gasteiger partial charge in [0, 0.05) is 6.42 Å². The highest BCUT2D eigenvalue weighted by atomic mass is 32.3. The molecule has 0 fully saturated rings. The fraction of sp³-hybridized carbons (Fsp3) is 0.944. The van der Waals surface area contributed by atoms with Crippen LogP contribution in [0, 0.1) is 0 Å². The lowest BCUT2D eigenvalue weighted by atomic mass is 10.0. The summed E-state index contributed by atoms with van der Waals surface area (Å²) in [5.41, 5.74) is 0. The highest BCUT2D eigenvalue weighted by Gasteiger charge is 2.02. The highest BCUT2D eigenvalue weighted by Crippen LogP contribution is 2.13. The van der Waals surface area contributed by atoms with Gasteiger partial charge < -0.3 is 5.11 Å². The van der Waals surface area contributed by atoms with Crippen molar-refractivity contribution in [1.82, 2.24) is 0 Å². The first-order valence-electron chi connectivity index (χ1n) is 9.75. The summed E-state index contributed by atoms with van der Waals surface area (Å²) in [6.07, 6.45) is 17.3. The predicted molar refractivity (Wildman–Crippen MR) is 99.0 cm³/mol. The molecule has 0 aromatic rings. The molecule has 0 rings (SSSR count). The number of carbonyl (C=O) groups is 1. The molecule has 7 heteroatoms. The van der Waals surface area contributed by atoms with Crippen LogP contribution in [0.3, 0.4) is 0 Å². The molecular weight excluding hydrogens is 344 g/mol. The zero-order valence-electron chi connectivity index (χ0n) is 15.5. The van der Waals surface area contributed by atoms with Gasteiger partial charge in [-0.05, 0) is 12.8 Å². The first-order valence-corrected chi connectivity index (χ1v) is 11.1. The van der Waals surface area contributed by atoms with E-state index in [9.17, 15) is 13.2 Å². The fourth-order valence-corrected chi connectivity index (χ4v) is 3.17. The van der Waals surface area contributed by atoms with Crippen molar-refractivity contribution in [3.8, 4) is 0 Å². The Bertz CT molecular complexity index is 408. The Morgan fingerprint density at radius 3 is 1.28 bits per heavy atom. The largest absolute Gasteiger partial charge is 0.481 e. The van der Waals surface area contributed by atoms with Gasteiger partial charge >= 0.3 is 16.4 Å². The lowest BCUT2D eigenvalue weighted by molar-refractivity contribution is -0.137. The van der Waals surface area contributed by atoms with Crippen LogP contribution in [0.15, 0.2) is 0 Å². The van der Waals surface area contributed by atoms with Crippen LogP contribution in [0.5, 0.6) is 0 Å². The lowest BCUT2D eigenvalue weighted by Gasteiger charge is -2.03. The Hall–Kier alpha value is -0.660. The molecule has 150 valence electrons. The van der Waals surface area contributed by atoms with Gasteiger partial charge in [-0.2, -0.15) is 8.42 Å². The molecule has 0 unspecified atom stereocenters. The Labute approximate surface area is 153 Å². The summed E-state index contributed by atoms with van der Waals surface area (Å²) in [6, 6.07) is 0. The van der Waals surface area contributed by atoms with E-state index < -0.39 is 16.4 Å². The maximum absolute atomic E-state index is 10.4. The highest BCUT2D eigenvalue weighted by molar-refractivity contribution is 7.80. The summed E-state index contributed by atoms with van der Waals surface area (Å²) in [4.78, 5) is 10.4. The lowest BCUT2D eigenvalue weighted by Crippen LogP contribution is -2.04. The summed E-state index contributed by atoms with van der Waals surface area (Å²) >= 11 is 0. The molecule has 0 aromatic carbocycles. The molecule has 0 heterocycles. The molecule has 0 saturated carbocycles. The number of hydrogen-bond donors (Lipinski definition) is 2. The molecule has 0 amide bonds. The molecule has 0 aliphatic carbocycles. The van der Waals surface area contributed by atoms with E-state index in [1.54, 1.807) is 0 Å². The molecule has 6 nitrogen and oxygen atoms in total. The average Bonchev–Trinajstić information content (AvgIpc) is 2.52. The van der Waals surface area contributed by atoms with Crippen LogP contribution in [0.4, 0.5) is 0 Å². The van der Waals surface area contributed by atoms with Gasteiger partial charge in [-0.25, -0.2) is 4.18 Å². The zero-order valence-corrected chi connectivity index (χ0v) is 16.3. The summed E-state index contributed by atoms with van der Waals surface area (Å²) in [5, 5.41) is 8.53. The number of rotatable bonds is 19. The standard InChI is InChI=1S/C18H36O6S/c19-18(20)16-14-12-10-8-6-4-2-1-3-5-7-9-11-13-15-17-24-25(21,22)23/h1-17H2,(H,19,20)(H,21,22,23). The second-order valence-corrected chi connectivity index (χ2v) is 7.79. The van der Waals surface area contributed by atoms with Crippen molar-refractivity contribution in [3.05, 3.63) is 0 Å². The van der Waals surface area contributed by atoms with Crippen LogP contribution in [0.2, 0.25) is 0 Å². The fourth-order valence-electron chi connectivity index (χ4n) is 2.84. The molecule has 0 aliphatic rings. The van der Waals surface area contributed by atoms with E-state index >= 15 is 0 Å². The van der Waals surface area contributed by atoms with Crippen molar-refractivity contribution in [2.45, 2.75) is 103 Å². The SMILES string of the molecule is O=C(O)CCCCCCCCCCCCCCCCCOS(=O)(=O)O.